The molecule has 2 bridgehead atoms. The van der Waals surface area contributed by atoms with Crippen molar-refractivity contribution in [2.75, 3.05) is 0 Å². The summed E-state index contributed by atoms with van der Waals surface area (Å²) in [6.45, 7) is 11.6. The van der Waals surface area contributed by atoms with Gasteiger partial charge in [0.05, 0.1) is 0 Å². The molecule has 6 atom stereocenters. The van der Waals surface area contributed by atoms with Gasteiger partial charge in [-0.3, -0.25) is 4.79 Å². The molecule has 3 saturated carbocycles. The minimum atomic E-state index is -0.0143. The van der Waals surface area contributed by atoms with Crippen LogP contribution in [-0.4, -0.2) is 12.1 Å². The smallest absolute Gasteiger partial charge is 0.305 e. The van der Waals surface area contributed by atoms with Crippen LogP contribution in [0.3, 0.4) is 0 Å². The SMILES string of the molecule is CCC(=O)OC1CC23CC(C1C)C(C)(C)C2CC[C@H]3C. The molecular formula is C18H30O2. The fraction of sp³-hybridized carbons (Fsp3) is 0.944. The van der Waals surface area contributed by atoms with Crippen molar-refractivity contribution < 1.29 is 9.53 Å². The summed E-state index contributed by atoms with van der Waals surface area (Å²) in [5.74, 6) is 2.86. The molecule has 2 heteroatoms. The molecule has 0 amide bonds. The van der Waals surface area contributed by atoms with E-state index in [1.807, 2.05) is 6.92 Å². The first-order chi connectivity index (χ1) is 9.33. The van der Waals surface area contributed by atoms with E-state index in [0.717, 1.165) is 24.2 Å². The normalized spacial score (nSPS) is 49.0. The average Bonchev–Trinajstić information content (AvgIpc) is 2.80. The van der Waals surface area contributed by atoms with Crippen LogP contribution in [0.25, 0.3) is 0 Å². The molecule has 0 aromatic heterocycles. The summed E-state index contributed by atoms with van der Waals surface area (Å²) in [6.07, 6.45) is 5.89. The second-order valence-corrected chi connectivity index (χ2v) is 8.34. The maximum atomic E-state index is 11.8. The average molecular weight is 278 g/mol. The van der Waals surface area contributed by atoms with Gasteiger partial charge in [0, 0.05) is 6.42 Å². The maximum absolute atomic E-state index is 11.8. The topological polar surface area (TPSA) is 26.3 Å². The van der Waals surface area contributed by atoms with Crippen LogP contribution in [0.15, 0.2) is 0 Å². The molecule has 0 N–H and O–H groups in total. The van der Waals surface area contributed by atoms with E-state index in [1.165, 1.54) is 19.3 Å². The van der Waals surface area contributed by atoms with E-state index < -0.39 is 0 Å². The summed E-state index contributed by atoms with van der Waals surface area (Å²) in [5, 5.41) is 0. The zero-order valence-electron chi connectivity index (χ0n) is 13.7. The number of carbonyl (C=O) groups is 1. The van der Waals surface area contributed by atoms with Crippen molar-refractivity contribution >= 4 is 5.97 Å². The summed E-state index contributed by atoms with van der Waals surface area (Å²) in [5.41, 5.74) is 0.872. The van der Waals surface area contributed by atoms with Gasteiger partial charge in [-0.2, -0.15) is 0 Å². The second-order valence-electron chi connectivity index (χ2n) is 8.34. The van der Waals surface area contributed by atoms with Gasteiger partial charge in [0.2, 0.25) is 0 Å². The lowest BCUT2D eigenvalue weighted by Gasteiger charge is -2.43. The first-order valence-corrected chi connectivity index (χ1v) is 8.52. The van der Waals surface area contributed by atoms with E-state index in [2.05, 4.69) is 27.7 Å². The van der Waals surface area contributed by atoms with Crippen molar-refractivity contribution in [3.05, 3.63) is 0 Å². The highest BCUT2D eigenvalue weighted by Crippen LogP contribution is 2.72. The Kier molecular flexibility index (Phi) is 3.23. The quantitative estimate of drug-likeness (QED) is 0.699. The fourth-order valence-electron chi connectivity index (χ4n) is 6.23. The highest BCUT2D eigenvalue weighted by Gasteiger charge is 2.67. The van der Waals surface area contributed by atoms with Crippen LogP contribution in [0.2, 0.25) is 0 Å². The number of fused-ring (bicyclic) bond motifs is 1. The van der Waals surface area contributed by atoms with Crippen LogP contribution in [0.4, 0.5) is 0 Å². The third-order valence-corrected chi connectivity index (χ3v) is 7.39. The summed E-state index contributed by atoms with van der Waals surface area (Å²) < 4.78 is 5.84. The van der Waals surface area contributed by atoms with Crippen LogP contribution < -0.4 is 0 Å². The van der Waals surface area contributed by atoms with Crippen molar-refractivity contribution in [2.24, 2.45) is 34.5 Å². The Balaban J connectivity index is 1.92. The van der Waals surface area contributed by atoms with E-state index in [0.29, 0.717) is 23.2 Å². The molecule has 20 heavy (non-hydrogen) atoms. The highest BCUT2D eigenvalue weighted by atomic mass is 16.5. The monoisotopic (exact) mass is 278 g/mol. The first kappa shape index (κ1) is 14.4. The largest absolute Gasteiger partial charge is 0.462 e. The van der Waals surface area contributed by atoms with E-state index in [1.54, 1.807) is 0 Å². The van der Waals surface area contributed by atoms with Crippen molar-refractivity contribution in [3.8, 4) is 0 Å². The minimum absolute atomic E-state index is 0.0143. The number of esters is 1. The second kappa shape index (κ2) is 4.48. The molecule has 0 saturated heterocycles. The van der Waals surface area contributed by atoms with Gasteiger partial charge >= 0.3 is 5.97 Å². The Hall–Kier alpha value is -0.530. The Bertz CT molecular complexity index is 414. The standard InChI is InChI=1S/C18H30O2/c1-6-16(19)20-14-10-18-9-13(12(14)3)17(4,5)15(18)8-7-11(18)2/h11-15H,6-10H2,1-5H3/t11-,12?,13?,14?,15?,18?/m1/s1. The van der Waals surface area contributed by atoms with Crippen LogP contribution in [0.1, 0.15) is 66.7 Å². The first-order valence-electron chi connectivity index (χ1n) is 8.52. The van der Waals surface area contributed by atoms with Crippen LogP contribution in [0.5, 0.6) is 0 Å². The van der Waals surface area contributed by atoms with Gasteiger partial charge in [0.15, 0.2) is 0 Å². The molecule has 2 nitrogen and oxygen atoms in total. The Morgan fingerprint density at radius 1 is 1.20 bits per heavy atom. The Labute approximate surface area is 123 Å². The Morgan fingerprint density at radius 2 is 1.90 bits per heavy atom. The van der Waals surface area contributed by atoms with Crippen LogP contribution in [0, 0.1) is 34.5 Å². The third-order valence-electron chi connectivity index (χ3n) is 7.39. The molecule has 114 valence electrons. The highest BCUT2D eigenvalue weighted by molar-refractivity contribution is 5.69. The number of carbonyl (C=O) groups excluding carboxylic acids is 1. The Morgan fingerprint density at radius 3 is 2.55 bits per heavy atom. The van der Waals surface area contributed by atoms with Crippen molar-refractivity contribution in [2.45, 2.75) is 72.8 Å². The van der Waals surface area contributed by atoms with Gasteiger partial charge in [0.1, 0.15) is 6.10 Å². The van der Waals surface area contributed by atoms with E-state index in [4.69, 9.17) is 4.74 Å². The molecule has 0 aliphatic heterocycles. The van der Waals surface area contributed by atoms with Crippen molar-refractivity contribution in [1.82, 2.24) is 0 Å². The minimum Gasteiger partial charge on any atom is -0.462 e. The fourth-order valence-corrected chi connectivity index (χ4v) is 6.23. The van der Waals surface area contributed by atoms with Gasteiger partial charge < -0.3 is 4.74 Å². The van der Waals surface area contributed by atoms with E-state index in [-0.39, 0.29) is 12.1 Å². The van der Waals surface area contributed by atoms with E-state index >= 15 is 0 Å². The predicted octanol–water partition coefficient (Wildman–Crippen LogP) is 4.43. The van der Waals surface area contributed by atoms with Gasteiger partial charge in [0.25, 0.3) is 0 Å². The van der Waals surface area contributed by atoms with Crippen LogP contribution >= 0.6 is 0 Å². The summed E-state index contributed by atoms with van der Waals surface area (Å²) in [4.78, 5) is 11.8. The zero-order valence-corrected chi connectivity index (χ0v) is 13.7. The van der Waals surface area contributed by atoms with Crippen molar-refractivity contribution in [1.29, 1.82) is 0 Å². The lowest BCUT2D eigenvalue weighted by molar-refractivity contribution is -0.158. The molecule has 3 aliphatic rings. The molecule has 3 fully saturated rings. The summed E-state index contributed by atoms with van der Waals surface area (Å²) in [6, 6.07) is 0. The van der Waals surface area contributed by atoms with Gasteiger partial charge in [-0.15, -0.1) is 0 Å². The lowest BCUT2D eigenvalue weighted by atomic mass is 9.64. The number of hydrogen-bond acceptors (Lipinski definition) is 2. The molecule has 5 unspecified atom stereocenters. The molecule has 0 aromatic carbocycles. The van der Waals surface area contributed by atoms with Crippen LogP contribution in [-0.2, 0) is 9.53 Å². The number of hydrogen-bond donors (Lipinski definition) is 0. The zero-order chi connectivity index (χ0) is 14.7. The molecule has 3 rings (SSSR count). The summed E-state index contributed by atoms with van der Waals surface area (Å²) in [7, 11) is 0. The third kappa shape index (κ3) is 1.72. The number of ether oxygens (including phenoxy) is 1. The molecule has 0 radical (unpaired) electrons. The maximum Gasteiger partial charge on any atom is 0.305 e. The van der Waals surface area contributed by atoms with Gasteiger partial charge in [-0.25, -0.2) is 0 Å². The summed E-state index contributed by atoms with van der Waals surface area (Å²) >= 11 is 0. The molecular weight excluding hydrogens is 248 g/mol. The van der Waals surface area contributed by atoms with Gasteiger partial charge in [-0.1, -0.05) is 34.6 Å². The molecule has 0 aromatic rings. The van der Waals surface area contributed by atoms with Gasteiger partial charge in [-0.05, 0) is 60.2 Å². The predicted molar refractivity (Wildman–Crippen MR) is 80.2 cm³/mol. The molecule has 3 aliphatic carbocycles. The molecule has 0 heterocycles. The lowest BCUT2D eigenvalue weighted by Crippen LogP contribution is -2.42. The molecule has 1 spiro atoms. The van der Waals surface area contributed by atoms with E-state index in [9.17, 15) is 4.79 Å². The van der Waals surface area contributed by atoms with Crippen molar-refractivity contribution in [3.63, 3.8) is 0 Å². The number of rotatable bonds is 2.